The molecular weight excluding hydrogens is 458 g/mol. The van der Waals surface area contributed by atoms with E-state index in [-0.39, 0.29) is 6.61 Å². The van der Waals surface area contributed by atoms with Gasteiger partial charge in [-0.2, -0.15) is 0 Å². The molecule has 0 radical (unpaired) electrons. The van der Waals surface area contributed by atoms with Gasteiger partial charge in [-0.25, -0.2) is 24.5 Å². The first-order chi connectivity index (χ1) is 17.6. The maximum Gasteiger partial charge on any atom is 0.338 e. The number of nitrogens with zero attached hydrogens (tertiary/aromatic N) is 3. The summed E-state index contributed by atoms with van der Waals surface area (Å²) in [6.45, 7) is 4.01. The van der Waals surface area contributed by atoms with Crippen molar-refractivity contribution in [3.63, 3.8) is 0 Å². The van der Waals surface area contributed by atoms with E-state index < -0.39 is 12.0 Å². The number of urea groups is 1. The quantitative estimate of drug-likeness (QED) is 0.308. The first-order valence-electron chi connectivity index (χ1n) is 11.5. The number of carbonyl (C=O) groups excluding carboxylic acids is 2. The number of aryl methyl sites for hydroxylation is 1. The SMILES string of the molecule is CCOC(=O)c1cccc(NC(=O)Nc2ccc(Oc3ncccc3-c3ccnc(CC)n3)cc2)c1. The molecule has 9 heteroatoms. The van der Waals surface area contributed by atoms with Crippen molar-refractivity contribution < 1.29 is 19.1 Å². The Morgan fingerprint density at radius 3 is 2.44 bits per heavy atom. The van der Waals surface area contributed by atoms with Crippen LogP contribution in [0.15, 0.2) is 79.1 Å². The van der Waals surface area contributed by atoms with Crippen LogP contribution in [0.4, 0.5) is 16.2 Å². The number of rotatable bonds is 8. The minimum Gasteiger partial charge on any atom is -0.462 e. The molecule has 0 unspecified atom stereocenters. The predicted molar refractivity (Wildman–Crippen MR) is 136 cm³/mol. The molecule has 9 nitrogen and oxygen atoms in total. The fraction of sp³-hybridized carbons (Fsp3) is 0.148. The van der Waals surface area contributed by atoms with Crippen molar-refractivity contribution in [3.8, 4) is 22.9 Å². The molecule has 0 aliphatic carbocycles. The van der Waals surface area contributed by atoms with Crippen molar-refractivity contribution in [2.75, 3.05) is 17.2 Å². The summed E-state index contributed by atoms with van der Waals surface area (Å²) >= 11 is 0. The number of nitrogens with one attached hydrogen (secondary N) is 2. The smallest absolute Gasteiger partial charge is 0.338 e. The average Bonchev–Trinajstić information content (AvgIpc) is 2.90. The van der Waals surface area contributed by atoms with E-state index >= 15 is 0 Å². The molecule has 0 bridgehead atoms. The van der Waals surface area contributed by atoms with Gasteiger partial charge >= 0.3 is 12.0 Å². The Kier molecular flexibility index (Phi) is 7.82. The second-order valence-corrected chi connectivity index (χ2v) is 7.57. The van der Waals surface area contributed by atoms with Gasteiger partial charge in [0.1, 0.15) is 11.6 Å². The molecule has 0 saturated carbocycles. The van der Waals surface area contributed by atoms with E-state index in [0.29, 0.717) is 28.6 Å². The second kappa shape index (κ2) is 11.6. The standard InChI is InChI=1S/C27H25N5O4/c1-3-24-28-16-14-23(32-24)22-9-6-15-29-25(22)36-21-12-10-19(11-13-21)30-27(34)31-20-8-5-7-18(17-20)26(33)35-4-2/h5-17H,3-4H2,1-2H3,(H2,30,31,34). The zero-order chi connectivity index (χ0) is 25.3. The topological polar surface area (TPSA) is 115 Å². The number of ether oxygens (including phenoxy) is 2. The van der Waals surface area contributed by atoms with E-state index in [0.717, 1.165) is 23.5 Å². The summed E-state index contributed by atoms with van der Waals surface area (Å²) in [6, 6.07) is 18.5. The van der Waals surface area contributed by atoms with Crippen LogP contribution in [-0.4, -0.2) is 33.6 Å². The number of hydrogen-bond acceptors (Lipinski definition) is 7. The maximum absolute atomic E-state index is 12.4. The number of aromatic nitrogens is 3. The lowest BCUT2D eigenvalue weighted by Crippen LogP contribution is -2.19. The van der Waals surface area contributed by atoms with E-state index in [1.54, 1.807) is 67.8 Å². The third-order valence-corrected chi connectivity index (χ3v) is 5.03. The second-order valence-electron chi connectivity index (χ2n) is 7.57. The fourth-order valence-corrected chi connectivity index (χ4v) is 3.34. The molecular formula is C27H25N5O4. The van der Waals surface area contributed by atoms with Gasteiger partial charge in [-0.3, -0.25) is 0 Å². The number of pyridine rings is 1. The minimum atomic E-state index is -0.452. The van der Waals surface area contributed by atoms with Gasteiger partial charge in [0, 0.05) is 30.2 Å². The summed E-state index contributed by atoms with van der Waals surface area (Å²) in [6.07, 6.45) is 4.09. The minimum absolute atomic E-state index is 0.277. The highest BCUT2D eigenvalue weighted by Gasteiger charge is 2.12. The van der Waals surface area contributed by atoms with Crippen molar-refractivity contribution in [3.05, 3.63) is 90.5 Å². The number of amides is 2. The molecule has 0 aliphatic heterocycles. The summed E-state index contributed by atoms with van der Waals surface area (Å²) in [7, 11) is 0. The zero-order valence-electron chi connectivity index (χ0n) is 19.9. The van der Waals surface area contributed by atoms with Crippen LogP contribution in [0, 0.1) is 0 Å². The van der Waals surface area contributed by atoms with Gasteiger partial charge in [-0.15, -0.1) is 0 Å². The number of esters is 1. The van der Waals surface area contributed by atoms with Gasteiger partial charge < -0.3 is 20.1 Å². The lowest BCUT2D eigenvalue weighted by Gasteiger charge is -2.11. The van der Waals surface area contributed by atoms with E-state index in [9.17, 15) is 9.59 Å². The maximum atomic E-state index is 12.4. The average molecular weight is 484 g/mol. The lowest BCUT2D eigenvalue weighted by molar-refractivity contribution is 0.0526. The highest BCUT2D eigenvalue weighted by Crippen LogP contribution is 2.30. The van der Waals surface area contributed by atoms with Gasteiger partial charge in [0.25, 0.3) is 0 Å². The van der Waals surface area contributed by atoms with Crippen LogP contribution in [0.2, 0.25) is 0 Å². The zero-order valence-corrected chi connectivity index (χ0v) is 19.9. The van der Waals surface area contributed by atoms with Crippen LogP contribution in [0.1, 0.15) is 30.0 Å². The normalized spacial score (nSPS) is 10.4. The summed E-state index contributed by atoms with van der Waals surface area (Å²) in [4.78, 5) is 37.5. The summed E-state index contributed by atoms with van der Waals surface area (Å²) in [5.41, 5.74) is 2.87. The predicted octanol–water partition coefficient (Wildman–Crippen LogP) is 5.71. The Balaban J connectivity index is 1.41. The fourth-order valence-electron chi connectivity index (χ4n) is 3.34. The number of anilines is 2. The lowest BCUT2D eigenvalue weighted by atomic mass is 10.2. The van der Waals surface area contributed by atoms with E-state index in [2.05, 4.69) is 25.6 Å². The molecule has 0 saturated heterocycles. The van der Waals surface area contributed by atoms with Crippen LogP contribution in [0.5, 0.6) is 11.6 Å². The molecule has 4 rings (SSSR count). The van der Waals surface area contributed by atoms with Gasteiger partial charge in [-0.1, -0.05) is 13.0 Å². The molecule has 36 heavy (non-hydrogen) atoms. The molecule has 0 atom stereocenters. The van der Waals surface area contributed by atoms with Crippen molar-refractivity contribution in [2.24, 2.45) is 0 Å². The van der Waals surface area contributed by atoms with Crippen LogP contribution in [0.3, 0.4) is 0 Å². The third-order valence-electron chi connectivity index (χ3n) is 5.03. The Hall–Kier alpha value is -4.79. The van der Waals surface area contributed by atoms with Crippen molar-refractivity contribution >= 4 is 23.4 Å². The molecule has 2 N–H and O–H groups in total. The molecule has 2 heterocycles. The van der Waals surface area contributed by atoms with Gasteiger partial charge in [0.15, 0.2) is 0 Å². The molecule has 2 aromatic heterocycles. The number of hydrogen-bond donors (Lipinski definition) is 2. The molecule has 2 aromatic carbocycles. The summed E-state index contributed by atoms with van der Waals surface area (Å²) in [5.74, 6) is 1.26. The van der Waals surface area contributed by atoms with Crippen LogP contribution in [-0.2, 0) is 11.2 Å². The molecule has 4 aromatic rings. The van der Waals surface area contributed by atoms with Crippen LogP contribution in [0.25, 0.3) is 11.3 Å². The molecule has 182 valence electrons. The first-order valence-corrected chi connectivity index (χ1v) is 11.5. The number of carbonyl (C=O) groups is 2. The summed E-state index contributed by atoms with van der Waals surface area (Å²) < 4.78 is 11.0. The van der Waals surface area contributed by atoms with Gasteiger partial charge in [-0.05, 0) is 67.6 Å². The highest BCUT2D eigenvalue weighted by atomic mass is 16.5. The van der Waals surface area contributed by atoms with Crippen LogP contribution < -0.4 is 15.4 Å². The largest absolute Gasteiger partial charge is 0.462 e. The Morgan fingerprint density at radius 1 is 0.861 bits per heavy atom. The van der Waals surface area contributed by atoms with Gasteiger partial charge in [0.05, 0.1) is 23.4 Å². The molecule has 0 spiro atoms. The van der Waals surface area contributed by atoms with E-state index in [1.165, 1.54) is 0 Å². The van der Waals surface area contributed by atoms with Crippen molar-refractivity contribution in [2.45, 2.75) is 20.3 Å². The first kappa shape index (κ1) is 24.3. The third kappa shape index (κ3) is 6.20. The van der Waals surface area contributed by atoms with E-state index in [4.69, 9.17) is 9.47 Å². The Morgan fingerprint density at radius 2 is 1.67 bits per heavy atom. The van der Waals surface area contributed by atoms with E-state index in [1.807, 2.05) is 25.1 Å². The Bertz CT molecular complexity index is 1360. The Labute approximate surface area is 208 Å². The monoisotopic (exact) mass is 483 g/mol. The molecule has 0 fully saturated rings. The highest BCUT2D eigenvalue weighted by molar-refractivity contribution is 6.00. The van der Waals surface area contributed by atoms with Crippen LogP contribution >= 0.6 is 0 Å². The molecule has 0 aliphatic rings. The molecule has 2 amide bonds. The van der Waals surface area contributed by atoms with Gasteiger partial charge in [0.2, 0.25) is 5.88 Å². The summed E-state index contributed by atoms with van der Waals surface area (Å²) in [5, 5.41) is 5.46. The number of benzene rings is 2. The van der Waals surface area contributed by atoms with Crippen molar-refractivity contribution in [1.82, 2.24) is 15.0 Å². The van der Waals surface area contributed by atoms with Crippen molar-refractivity contribution in [1.29, 1.82) is 0 Å².